The van der Waals surface area contributed by atoms with Crippen LogP contribution in [-0.2, 0) is 0 Å². The lowest BCUT2D eigenvalue weighted by Crippen LogP contribution is -2.06. The number of nitrogens with one attached hydrogen (secondary N) is 2. The summed E-state index contributed by atoms with van der Waals surface area (Å²) < 4.78 is 0. The molecule has 5 heteroatoms. The van der Waals surface area contributed by atoms with Crippen LogP contribution in [0.25, 0.3) is 22.2 Å². The molecule has 1 fully saturated rings. The third-order valence-corrected chi connectivity index (χ3v) is 3.54. The number of aromatic nitrogens is 3. The zero-order chi connectivity index (χ0) is 13.5. The molecule has 1 aliphatic rings. The number of nitrogen functional groups attached to an aromatic ring is 1. The number of anilines is 2. The van der Waals surface area contributed by atoms with Crippen LogP contribution in [0.5, 0.6) is 0 Å². The van der Waals surface area contributed by atoms with Gasteiger partial charge in [0.1, 0.15) is 5.82 Å². The average Bonchev–Trinajstić information content (AvgIpc) is 3.11. The van der Waals surface area contributed by atoms with Gasteiger partial charge in [0.25, 0.3) is 0 Å². The number of aromatic amines is 1. The van der Waals surface area contributed by atoms with E-state index in [0.717, 1.165) is 28.0 Å². The second-order valence-corrected chi connectivity index (χ2v) is 5.16. The second-order valence-electron chi connectivity index (χ2n) is 5.16. The Kier molecular flexibility index (Phi) is 2.39. The Morgan fingerprint density at radius 1 is 1.20 bits per heavy atom. The molecule has 4 N–H and O–H groups in total. The van der Waals surface area contributed by atoms with Crippen LogP contribution >= 0.6 is 0 Å². The number of H-pyrrole nitrogens is 1. The van der Waals surface area contributed by atoms with Crippen LogP contribution in [-0.4, -0.2) is 21.0 Å². The lowest BCUT2D eigenvalue weighted by molar-refractivity contribution is 1.09. The molecule has 2 aromatic heterocycles. The first-order valence-electron chi connectivity index (χ1n) is 6.77. The van der Waals surface area contributed by atoms with Gasteiger partial charge in [-0.05, 0) is 25.0 Å². The molecule has 3 aromatic rings. The summed E-state index contributed by atoms with van der Waals surface area (Å²) in [5.74, 6) is 1.11. The largest absolute Gasteiger partial charge is 0.368 e. The maximum absolute atomic E-state index is 5.84. The van der Waals surface area contributed by atoms with Gasteiger partial charge < -0.3 is 16.0 Å². The van der Waals surface area contributed by atoms with E-state index >= 15 is 0 Å². The van der Waals surface area contributed by atoms with Crippen molar-refractivity contribution in [2.45, 2.75) is 18.9 Å². The summed E-state index contributed by atoms with van der Waals surface area (Å²) in [7, 11) is 0. The van der Waals surface area contributed by atoms with E-state index in [9.17, 15) is 0 Å². The van der Waals surface area contributed by atoms with Crippen molar-refractivity contribution in [3.63, 3.8) is 0 Å². The Hall–Kier alpha value is -2.56. The van der Waals surface area contributed by atoms with E-state index in [1.807, 2.05) is 24.4 Å². The molecule has 0 spiro atoms. The number of nitrogens with zero attached hydrogens (tertiary/aromatic N) is 2. The van der Waals surface area contributed by atoms with Gasteiger partial charge in [0, 0.05) is 34.8 Å². The topological polar surface area (TPSA) is 79.6 Å². The minimum atomic E-state index is 0.304. The average molecular weight is 265 g/mol. The zero-order valence-corrected chi connectivity index (χ0v) is 10.9. The smallest absolute Gasteiger partial charge is 0.222 e. The minimum absolute atomic E-state index is 0.304. The van der Waals surface area contributed by atoms with Crippen LogP contribution in [0.2, 0.25) is 0 Å². The third kappa shape index (κ3) is 1.97. The fourth-order valence-corrected chi connectivity index (χ4v) is 2.42. The first kappa shape index (κ1) is 11.3. The van der Waals surface area contributed by atoms with Crippen molar-refractivity contribution < 1.29 is 0 Å². The van der Waals surface area contributed by atoms with Gasteiger partial charge >= 0.3 is 0 Å². The van der Waals surface area contributed by atoms with Gasteiger partial charge in [0.2, 0.25) is 5.95 Å². The Bertz CT molecular complexity index is 773. The zero-order valence-electron chi connectivity index (χ0n) is 10.9. The summed E-state index contributed by atoms with van der Waals surface area (Å²) in [6.45, 7) is 0. The molecule has 0 unspecified atom stereocenters. The summed E-state index contributed by atoms with van der Waals surface area (Å²) in [6, 6.07) is 10.7. The number of benzene rings is 1. The highest BCUT2D eigenvalue weighted by Gasteiger charge is 2.22. The van der Waals surface area contributed by atoms with E-state index in [2.05, 4.69) is 32.4 Å². The molecular formula is C15H15N5. The van der Waals surface area contributed by atoms with Crippen molar-refractivity contribution in [1.29, 1.82) is 0 Å². The highest BCUT2D eigenvalue weighted by atomic mass is 15.1. The predicted octanol–water partition coefficient (Wildman–Crippen LogP) is 2.78. The van der Waals surface area contributed by atoms with Crippen LogP contribution in [0.3, 0.4) is 0 Å². The number of nitrogens with two attached hydrogens (primary N) is 1. The molecule has 1 aliphatic carbocycles. The van der Waals surface area contributed by atoms with E-state index in [-0.39, 0.29) is 0 Å². The maximum atomic E-state index is 5.84. The van der Waals surface area contributed by atoms with E-state index in [4.69, 9.17) is 5.73 Å². The van der Waals surface area contributed by atoms with E-state index in [0.29, 0.717) is 12.0 Å². The van der Waals surface area contributed by atoms with Crippen molar-refractivity contribution in [3.8, 4) is 11.3 Å². The van der Waals surface area contributed by atoms with Crippen LogP contribution in [0, 0.1) is 0 Å². The number of hydrogen-bond donors (Lipinski definition) is 3. The van der Waals surface area contributed by atoms with Gasteiger partial charge in [0.05, 0.1) is 5.69 Å². The SMILES string of the molecule is Nc1nc(NC2CC2)cc(-c2cccc3[nH]ccc23)n1. The molecule has 4 rings (SSSR count). The number of rotatable bonds is 3. The third-order valence-electron chi connectivity index (χ3n) is 3.54. The Labute approximate surface area is 116 Å². The summed E-state index contributed by atoms with van der Waals surface area (Å²) >= 11 is 0. The highest BCUT2D eigenvalue weighted by molar-refractivity contribution is 5.94. The van der Waals surface area contributed by atoms with Crippen molar-refractivity contribution in [3.05, 3.63) is 36.5 Å². The number of fused-ring (bicyclic) bond motifs is 1. The van der Waals surface area contributed by atoms with Gasteiger partial charge in [-0.2, -0.15) is 4.98 Å². The molecule has 0 atom stereocenters. The van der Waals surface area contributed by atoms with Gasteiger partial charge in [0.15, 0.2) is 0 Å². The number of hydrogen-bond acceptors (Lipinski definition) is 4. The first-order chi connectivity index (χ1) is 9.79. The molecule has 100 valence electrons. The van der Waals surface area contributed by atoms with E-state index in [1.165, 1.54) is 12.8 Å². The lowest BCUT2D eigenvalue weighted by Gasteiger charge is -2.08. The van der Waals surface area contributed by atoms with Gasteiger partial charge in [-0.3, -0.25) is 0 Å². The van der Waals surface area contributed by atoms with E-state index < -0.39 is 0 Å². The van der Waals surface area contributed by atoms with E-state index in [1.54, 1.807) is 0 Å². The molecule has 2 heterocycles. The fraction of sp³-hybridized carbons (Fsp3) is 0.200. The van der Waals surface area contributed by atoms with Crippen molar-refractivity contribution in [2.24, 2.45) is 0 Å². The molecule has 0 amide bonds. The molecule has 0 radical (unpaired) electrons. The summed E-state index contributed by atoms with van der Waals surface area (Å²) in [4.78, 5) is 11.8. The van der Waals surface area contributed by atoms with Gasteiger partial charge in [-0.1, -0.05) is 12.1 Å². The van der Waals surface area contributed by atoms with Crippen LogP contribution in [0.15, 0.2) is 36.5 Å². The van der Waals surface area contributed by atoms with Gasteiger partial charge in [-0.15, -0.1) is 0 Å². The fourth-order valence-electron chi connectivity index (χ4n) is 2.42. The Morgan fingerprint density at radius 2 is 2.10 bits per heavy atom. The first-order valence-corrected chi connectivity index (χ1v) is 6.77. The molecule has 0 bridgehead atoms. The normalized spacial score (nSPS) is 14.6. The summed E-state index contributed by atoms with van der Waals surface area (Å²) in [5.41, 5.74) is 8.86. The Balaban J connectivity index is 1.84. The molecule has 0 aliphatic heterocycles. The second kappa shape index (κ2) is 4.23. The van der Waals surface area contributed by atoms with Crippen molar-refractivity contribution in [1.82, 2.24) is 15.0 Å². The summed E-state index contributed by atoms with van der Waals surface area (Å²) in [5, 5.41) is 4.51. The van der Waals surface area contributed by atoms with Crippen molar-refractivity contribution >= 4 is 22.7 Å². The van der Waals surface area contributed by atoms with Crippen LogP contribution in [0.4, 0.5) is 11.8 Å². The minimum Gasteiger partial charge on any atom is -0.368 e. The summed E-state index contributed by atoms with van der Waals surface area (Å²) in [6.07, 6.45) is 4.33. The Morgan fingerprint density at radius 3 is 2.95 bits per heavy atom. The van der Waals surface area contributed by atoms with Crippen molar-refractivity contribution in [2.75, 3.05) is 11.1 Å². The molecule has 1 saturated carbocycles. The van der Waals surface area contributed by atoms with Crippen LogP contribution < -0.4 is 11.1 Å². The molecule has 5 nitrogen and oxygen atoms in total. The standard InChI is InChI=1S/C15H15N5/c16-15-19-13(8-14(20-15)18-9-4-5-9)10-2-1-3-12-11(10)6-7-17-12/h1-3,6-9,17H,4-5H2,(H3,16,18,19,20). The molecule has 0 saturated heterocycles. The predicted molar refractivity (Wildman–Crippen MR) is 80.4 cm³/mol. The maximum Gasteiger partial charge on any atom is 0.222 e. The van der Waals surface area contributed by atoms with Gasteiger partial charge in [-0.25, -0.2) is 4.98 Å². The molecular weight excluding hydrogens is 250 g/mol. The lowest BCUT2D eigenvalue weighted by atomic mass is 10.1. The monoisotopic (exact) mass is 265 g/mol. The highest BCUT2D eigenvalue weighted by Crippen LogP contribution is 2.30. The molecule has 20 heavy (non-hydrogen) atoms. The van der Waals surface area contributed by atoms with Crippen LogP contribution in [0.1, 0.15) is 12.8 Å². The quantitative estimate of drug-likeness (QED) is 0.680. The molecule has 1 aromatic carbocycles.